The zero-order valence-electron chi connectivity index (χ0n) is 36.2. The van der Waals surface area contributed by atoms with Gasteiger partial charge in [-0.25, -0.2) is 0 Å². The van der Waals surface area contributed by atoms with Gasteiger partial charge in [0.15, 0.2) is 0 Å². The highest BCUT2D eigenvalue weighted by molar-refractivity contribution is 7.13. The molecular weight excluding hydrogens is 851 g/mol. The fourth-order valence-corrected chi connectivity index (χ4v) is 12.3. The maximum absolute atomic E-state index is 2.54. The van der Waals surface area contributed by atoms with Gasteiger partial charge in [0.05, 0.1) is 33.1 Å². The van der Waals surface area contributed by atoms with E-state index in [2.05, 4.69) is 249 Å². The number of benzene rings is 9. The Bertz CT molecular complexity index is 4160. The highest BCUT2D eigenvalue weighted by Gasteiger charge is 2.29. The molecule has 3 nitrogen and oxygen atoms in total. The van der Waals surface area contributed by atoms with Crippen LogP contribution in [0.1, 0.15) is 0 Å². The molecule has 5 heteroatoms. The molecule has 0 radical (unpaired) electrons. The SMILES string of the molecule is c1ccc(-c2ccc(-c3c(-c4ccc5c(c4)c4ccccc4n5-c4ccc(-c5ccccc5)cc4)c4c5ccccc5n(-c5cccs5)c4c4c3c3ccccc3n4-c3cccs3)cc2)cc1. The first kappa shape index (κ1) is 38.1. The van der Waals surface area contributed by atoms with E-state index >= 15 is 0 Å². The molecule has 0 fully saturated rings. The summed E-state index contributed by atoms with van der Waals surface area (Å²) >= 11 is 3.58. The molecule has 9 aromatic carbocycles. The summed E-state index contributed by atoms with van der Waals surface area (Å²) < 4.78 is 7.50. The summed E-state index contributed by atoms with van der Waals surface area (Å²) in [5, 5.41) is 14.2. The number of nitrogens with zero attached hydrogens (tertiary/aromatic N) is 3. The molecule has 0 unspecified atom stereocenters. The minimum Gasteiger partial charge on any atom is -0.309 e. The Kier molecular flexibility index (Phi) is 8.63. The summed E-state index contributed by atoms with van der Waals surface area (Å²) in [6.07, 6.45) is 0. The number of rotatable bonds is 7. The van der Waals surface area contributed by atoms with Gasteiger partial charge in [-0.15, -0.1) is 22.7 Å². The van der Waals surface area contributed by atoms with Crippen molar-refractivity contribution in [2.45, 2.75) is 0 Å². The largest absolute Gasteiger partial charge is 0.309 e. The summed E-state index contributed by atoms with van der Waals surface area (Å²) in [5.74, 6) is 0. The average molecular weight is 890 g/mol. The van der Waals surface area contributed by atoms with Crippen LogP contribution in [0.4, 0.5) is 0 Å². The molecular formula is C62H39N3S2. The summed E-state index contributed by atoms with van der Waals surface area (Å²) in [5.41, 5.74) is 18.0. The predicted molar refractivity (Wildman–Crippen MR) is 287 cm³/mol. The lowest BCUT2D eigenvalue weighted by Crippen LogP contribution is -1.98. The van der Waals surface area contributed by atoms with Crippen LogP contribution in [0.25, 0.3) is 126 Å². The zero-order chi connectivity index (χ0) is 44.0. The summed E-state index contributed by atoms with van der Waals surface area (Å²) in [4.78, 5) is 0. The minimum atomic E-state index is 1.14. The fraction of sp³-hybridized carbons (Fsp3) is 0. The number of hydrogen-bond donors (Lipinski definition) is 0. The standard InChI is InChI=1S/C62H39N3S2/c1-3-15-40(16-4-1)42-27-29-44(30-28-42)57-58(45-33-36-54-50(39-45)47-19-7-10-22-51(47)63(54)46-34-31-43(32-35-46)41-17-5-2-6-18-41)60-49-21-9-12-24-53(49)65(56-26-14-38-67-56)62(60)61-59(57)48-20-8-11-23-52(48)64(61)55-25-13-37-66-55/h1-39H. The van der Waals surface area contributed by atoms with E-state index in [1.54, 1.807) is 22.7 Å². The van der Waals surface area contributed by atoms with Crippen LogP contribution >= 0.6 is 22.7 Å². The van der Waals surface area contributed by atoms with Gasteiger partial charge in [-0.2, -0.15) is 0 Å². The summed E-state index contributed by atoms with van der Waals surface area (Å²) in [7, 11) is 0. The molecule has 0 saturated heterocycles. The van der Waals surface area contributed by atoms with Crippen molar-refractivity contribution in [2.24, 2.45) is 0 Å². The van der Waals surface area contributed by atoms with Crippen LogP contribution in [0, 0.1) is 0 Å². The second-order valence-electron chi connectivity index (χ2n) is 17.2. The smallest absolute Gasteiger partial charge is 0.100 e. The average Bonchev–Trinajstić information content (AvgIpc) is 4.26. The number of para-hydroxylation sites is 3. The van der Waals surface area contributed by atoms with E-state index in [0.29, 0.717) is 0 Å². The summed E-state index contributed by atoms with van der Waals surface area (Å²) in [6.45, 7) is 0. The fourth-order valence-electron chi connectivity index (χ4n) is 10.8. The second-order valence-corrected chi connectivity index (χ2v) is 19.1. The Morgan fingerprint density at radius 3 is 1.19 bits per heavy atom. The Hall–Kier alpha value is -8.22. The molecule has 0 spiro atoms. The first-order valence-corrected chi connectivity index (χ1v) is 24.5. The van der Waals surface area contributed by atoms with Crippen molar-refractivity contribution in [2.75, 3.05) is 0 Å². The van der Waals surface area contributed by atoms with Gasteiger partial charge < -0.3 is 4.57 Å². The quantitative estimate of drug-likeness (QED) is 0.151. The van der Waals surface area contributed by atoms with Crippen LogP contribution in [-0.2, 0) is 0 Å². The maximum atomic E-state index is 2.54. The van der Waals surface area contributed by atoms with Crippen molar-refractivity contribution in [1.29, 1.82) is 0 Å². The van der Waals surface area contributed by atoms with Crippen molar-refractivity contribution < 1.29 is 0 Å². The van der Waals surface area contributed by atoms with Gasteiger partial charge >= 0.3 is 0 Å². The van der Waals surface area contributed by atoms with Crippen molar-refractivity contribution in [3.63, 3.8) is 0 Å². The zero-order valence-corrected chi connectivity index (χ0v) is 37.8. The molecule has 0 aliphatic rings. The molecule has 0 saturated carbocycles. The maximum Gasteiger partial charge on any atom is 0.100 e. The van der Waals surface area contributed by atoms with E-state index in [0.717, 1.165) is 5.69 Å². The molecule has 0 N–H and O–H groups in total. The first-order chi connectivity index (χ1) is 33.3. The Morgan fingerprint density at radius 2 is 0.672 bits per heavy atom. The molecule has 5 aromatic heterocycles. The Morgan fingerprint density at radius 1 is 0.269 bits per heavy atom. The van der Waals surface area contributed by atoms with Crippen molar-refractivity contribution >= 4 is 88.1 Å². The first-order valence-electron chi connectivity index (χ1n) is 22.7. The molecule has 0 bridgehead atoms. The lowest BCUT2D eigenvalue weighted by molar-refractivity contribution is 1.18. The monoisotopic (exact) mass is 889 g/mol. The third kappa shape index (κ3) is 5.82. The van der Waals surface area contributed by atoms with Crippen LogP contribution in [0.5, 0.6) is 0 Å². The van der Waals surface area contributed by atoms with Crippen LogP contribution in [-0.4, -0.2) is 13.7 Å². The van der Waals surface area contributed by atoms with Crippen molar-refractivity contribution in [3.8, 4) is 60.2 Å². The lowest BCUT2D eigenvalue weighted by Gasteiger charge is -2.18. The van der Waals surface area contributed by atoms with Gasteiger partial charge in [0.2, 0.25) is 0 Å². The third-order valence-corrected chi connectivity index (χ3v) is 15.4. The van der Waals surface area contributed by atoms with Gasteiger partial charge in [-0.3, -0.25) is 9.13 Å². The Balaban J connectivity index is 1.14. The van der Waals surface area contributed by atoms with Gasteiger partial charge in [0.1, 0.15) is 10.0 Å². The van der Waals surface area contributed by atoms with Gasteiger partial charge in [-0.05, 0) is 111 Å². The predicted octanol–water partition coefficient (Wildman–Crippen LogP) is 17.8. The van der Waals surface area contributed by atoms with Crippen LogP contribution < -0.4 is 0 Å². The van der Waals surface area contributed by atoms with E-state index in [-0.39, 0.29) is 0 Å². The van der Waals surface area contributed by atoms with Gasteiger partial charge in [-0.1, -0.05) is 158 Å². The summed E-state index contributed by atoms with van der Waals surface area (Å²) in [6, 6.07) is 82.7. The van der Waals surface area contributed by atoms with E-state index in [1.165, 1.54) is 120 Å². The van der Waals surface area contributed by atoms with E-state index in [1.807, 2.05) is 0 Å². The highest BCUT2D eigenvalue weighted by atomic mass is 32.1. The molecule has 314 valence electrons. The molecule has 67 heavy (non-hydrogen) atoms. The molecule has 0 aliphatic heterocycles. The Labute approximate surface area is 394 Å². The van der Waals surface area contributed by atoms with Crippen molar-refractivity contribution in [1.82, 2.24) is 13.7 Å². The number of aromatic nitrogens is 3. The van der Waals surface area contributed by atoms with Crippen LogP contribution in [0.2, 0.25) is 0 Å². The molecule has 5 heterocycles. The van der Waals surface area contributed by atoms with E-state index in [4.69, 9.17) is 0 Å². The third-order valence-electron chi connectivity index (χ3n) is 13.7. The van der Waals surface area contributed by atoms with E-state index in [9.17, 15) is 0 Å². The molecule has 0 aliphatic carbocycles. The normalized spacial score (nSPS) is 11.9. The minimum absolute atomic E-state index is 1.14. The molecule has 0 atom stereocenters. The number of fused-ring (bicyclic) bond motifs is 10. The molecule has 14 rings (SSSR count). The van der Waals surface area contributed by atoms with Crippen molar-refractivity contribution in [3.05, 3.63) is 235 Å². The second kappa shape index (κ2) is 15.2. The topological polar surface area (TPSA) is 14.8 Å². The number of thiophene rings is 2. The molecule has 0 amide bonds. The molecule has 14 aromatic rings. The van der Waals surface area contributed by atoms with Gasteiger partial charge in [0.25, 0.3) is 0 Å². The highest BCUT2D eigenvalue weighted by Crippen LogP contribution is 2.53. The lowest BCUT2D eigenvalue weighted by atomic mass is 9.86. The van der Waals surface area contributed by atoms with Gasteiger partial charge in [0, 0.05) is 49.1 Å². The van der Waals surface area contributed by atoms with Crippen LogP contribution in [0.15, 0.2) is 235 Å². The van der Waals surface area contributed by atoms with Crippen LogP contribution in [0.3, 0.4) is 0 Å². The van der Waals surface area contributed by atoms with E-state index < -0.39 is 0 Å². The number of hydrogen-bond acceptors (Lipinski definition) is 2.